The summed E-state index contributed by atoms with van der Waals surface area (Å²) in [6, 6.07) is -1.79. The number of fused-ring (bicyclic) bond motifs is 1. The van der Waals surface area contributed by atoms with E-state index in [9.17, 15) is 18.0 Å². The summed E-state index contributed by atoms with van der Waals surface area (Å²) >= 11 is 0. The highest BCUT2D eigenvalue weighted by Gasteiger charge is 2.46. The molecule has 23 heavy (non-hydrogen) atoms. The van der Waals surface area contributed by atoms with Gasteiger partial charge in [-0.25, -0.2) is 0 Å². The lowest BCUT2D eigenvalue weighted by molar-refractivity contribution is -0.164. The van der Waals surface area contributed by atoms with Gasteiger partial charge in [0.05, 0.1) is 0 Å². The predicted molar refractivity (Wildman–Crippen MR) is 80.5 cm³/mol. The van der Waals surface area contributed by atoms with Crippen LogP contribution in [-0.4, -0.2) is 34.9 Å². The van der Waals surface area contributed by atoms with Crippen molar-refractivity contribution in [1.82, 2.24) is 20.8 Å². The maximum atomic E-state index is 13.3. The molecule has 2 heterocycles. The monoisotopic (exact) mass is 352 g/mol. The number of carbonyl (C=O) groups excluding carboxylic acids is 1. The lowest BCUT2D eigenvalue weighted by atomic mass is 9.97. The Morgan fingerprint density at radius 2 is 2.00 bits per heavy atom. The van der Waals surface area contributed by atoms with E-state index in [4.69, 9.17) is 0 Å². The van der Waals surface area contributed by atoms with Crippen molar-refractivity contribution in [3.05, 3.63) is 17.0 Å². The molecule has 2 aliphatic rings. The summed E-state index contributed by atoms with van der Waals surface area (Å²) in [5.41, 5.74) is 1.58. The largest absolute Gasteiger partial charge is 0.408 e. The van der Waals surface area contributed by atoms with Gasteiger partial charge in [-0.05, 0) is 18.8 Å². The third-order valence-corrected chi connectivity index (χ3v) is 4.53. The Labute approximate surface area is 138 Å². The first-order valence-corrected chi connectivity index (χ1v) is 7.61. The number of H-pyrrole nitrogens is 1. The van der Waals surface area contributed by atoms with Crippen LogP contribution in [0.25, 0.3) is 0 Å². The zero-order valence-corrected chi connectivity index (χ0v) is 13.3. The highest BCUT2D eigenvalue weighted by molar-refractivity contribution is 5.94. The van der Waals surface area contributed by atoms with Gasteiger partial charge in [0.1, 0.15) is 6.04 Å². The maximum absolute atomic E-state index is 13.3. The highest BCUT2D eigenvalue weighted by Crippen LogP contribution is 2.35. The predicted octanol–water partition coefficient (Wildman–Crippen LogP) is 2.33. The first-order valence-electron chi connectivity index (χ1n) is 7.61. The molecular formula is C14H20ClF3N4O. The van der Waals surface area contributed by atoms with Gasteiger partial charge in [0.2, 0.25) is 0 Å². The molecule has 1 atom stereocenters. The van der Waals surface area contributed by atoms with Gasteiger partial charge in [0, 0.05) is 30.8 Å². The molecular weight excluding hydrogens is 333 g/mol. The van der Waals surface area contributed by atoms with Crippen molar-refractivity contribution < 1.29 is 18.0 Å². The van der Waals surface area contributed by atoms with Crippen molar-refractivity contribution >= 4 is 18.3 Å². The summed E-state index contributed by atoms with van der Waals surface area (Å²) in [6.07, 6.45) is -1.15. The summed E-state index contributed by atoms with van der Waals surface area (Å²) in [5, 5.41) is 11.9. The summed E-state index contributed by atoms with van der Waals surface area (Å²) in [7, 11) is 0. The Kier molecular flexibility index (Phi) is 5.57. The fourth-order valence-electron chi connectivity index (χ4n) is 3.38. The molecule has 1 aliphatic carbocycles. The van der Waals surface area contributed by atoms with Gasteiger partial charge < -0.3 is 10.6 Å². The molecule has 0 saturated heterocycles. The second kappa shape index (κ2) is 7.09. The SMILES string of the molecule is Cl.O=C(NC(C1CCCC1)C(F)(F)F)c1n[nH]c2c1CNCC2. The van der Waals surface area contributed by atoms with E-state index in [0.717, 1.165) is 25.1 Å². The molecule has 1 amide bonds. The lowest BCUT2D eigenvalue weighted by Crippen LogP contribution is -2.49. The van der Waals surface area contributed by atoms with E-state index < -0.39 is 24.0 Å². The van der Waals surface area contributed by atoms with Crippen LogP contribution in [0.15, 0.2) is 0 Å². The van der Waals surface area contributed by atoms with Crippen LogP contribution in [-0.2, 0) is 13.0 Å². The van der Waals surface area contributed by atoms with E-state index in [-0.39, 0.29) is 18.1 Å². The first kappa shape index (κ1) is 18.1. The van der Waals surface area contributed by atoms with Gasteiger partial charge >= 0.3 is 6.18 Å². The van der Waals surface area contributed by atoms with Crippen LogP contribution >= 0.6 is 12.4 Å². The van der Waals surface area contributed by atoms with Gasteiger partial charge in [-0.15, -0.1) is 12.4 Å². The number of nitrogens with one attached hydrogen (secondary N) is 3. The molecule has 1 aromatic rings. The smallest absolute Gasteiger partial charge is 0.339 e. The van der Waals surface area contributed by atoms with Crippen molar-refractivity contribution in [3.63, 3.8) is 0 Å². The average Bonchev–Trinajstić information content (AvgIpc) is 3.12. The van der Waals surface area contributed by atoms with E-state index in [2.05, 4.69) is 20.8 Å². The van der Waals surface area contributed by atoms with Crippen LogP contribution in [0.5, 0.6) is 0 Å². The molecule has 0 aromatic carbocycles. The molecule has 5 nitrogen and oxygen atoms in total. The number of aromatic nitrogens is 2. The van der Waals surface area contributed by atoms with E-state index in [1.54, 1.807) is 0 Å². The number of nitrogens with zero attached hydrogens (tertiary/aromatic N) is 1. The van der Waals surface area contributed by atoms with E-state index in [1.807, 2.05) is 0 Å². The number of hydrogen-bond acceptors (Lipinski definition) is 3. The van der Waals surface area contributed by atoms with E-state index in [1.165, 1.54) is 0 Å². The number of amides is 1. The Hall–Kier alpha value is -1.28. The summed E-state index contributed by atoms with van der Waals surface area (Å²) in [6.45, 7) is 1.22. The molecule has 0 bridgehead atoms. The van der Waals surface area contributed by atoms with Crippen LogP contribution in [0.1, 0.15) is 47.4 Å². The second-order valence-corrected chi connectivity index (χ2v) is 5.99. The standard InChI is InChI=1S/C14H19F3N4O.ClH/c15-14(16,17)12(8-3-1-2-4-8)19-13(22)11-9-7-18-6-5-10(9)20-21-11;/h8,12,18H,1-7H2,(H,19,22)(H,20,21);1H. The van der Waals surface area contributed by atoms with Gasteiger partial charge in [-0.3, -0.25) is 9.89 Å². The Bertz CT molecular complexity index is 555. The molecule has 0 radical (unpaired) electrons. The third kappa shape index (κ3) is 3.80. The number of hydrogen-bond donors (Lipinski definition) is 3. The zero-order chi connectivity index (χ0) is 15.7. The Morgan fingerprint density at radius 1 is 1.30 bits per heavy atom. The molecule has 1 saturated carbocycles. The van der Waals surface area contributed by atoms with Gasteiger partial charge in [-0.2, -0.15) is 18.3 Å². The molecule has 1 unspecified atom stereocenters. The van der Waals surface area contributed by atoms with E-state index >= 15 is 0 Å². The van der Waals surface area contributed by atoms with Crippen LogP contribution in [0, 0.1) is 5.92 Å². The lowest BCUT2D eigenvalue weighted by Gasteiger charge is -2.26. The minimum atomic E-state index is -4.43. The zero-order valence-electron chi connectivity index (χ0n) is 12.5. The van der Waals surface area contributed by atoms with Crippen molar-refractivity contribution in [1.29, 1.82) is 0 Å². The van der Waals surface area contributed by atoms with E-state index in [0.29, 0.717) is 31.4 Å². The quantitative estimate of drug-likeness (QED) is 0.782. The Balaban J connectivity index is 0.00000192. The highest BCUT2D eigenvalue weighted by atomic mass is 35.5. The van der Waals surface area contributed by atoms with Crippen molar-refractivity contribution in [2.45, 2.75) is 50.9 Å². The summed E-state index contributed by atoms with van der Waals surface area (Å²) in [4.78, 5) is 12.3. The molecule has 0 spiro atoms. The number of rotatable bonds is 3. The van der Waals surface area contributed by atoms with Crippen LogP contribution in [0.4, 0.5) is 13.2 Å². The number of carbonyl (C=O) groups is 1. The van der Waals surface area contributed by atoms with Gasteiger partial charge in [-0.1, -0.05) is 12.8 Å². The fourth-order valence-corrected chi connectivity index (χ4v) is 3.38. The van der Waals surface area contributed by atoms with Gasteiger partial charge in [0.25, 0.3) is 5.91 Å². The maximum Gasteiger partial charge on any atom is 0.408 e. The van der Waals surface area contributed by atoms with Crippen molar-refractivity contribution in [3.8, 4) is 0 Å². The van der Waals surface area contributed by atoms with Crippen molar-refractivity contribution in [2.75, 3.05) is 6.54 Å². The van der Waals surface area contributed by atoms with Crippen molar-refractivity contribution in [2.24, 2.45) is 5.92 Å². The molecule has 3 rings (SSSR count). The average molecular weight is 353 g/mol. The number of halogens is 4. The summed E-state index contributed by atoms with van der Waals surface area (Å²) in [5.74, 6) is -1.27. The first-order chi connectivity index (χ1) is 10.5. The minimum absolute atomic E-state index is 0. The minimum Gasteiger partial charge on any atom is -0.339 e. The number of aromatic amines is 1. The molecule has 130 valence electrons. The Morgan fingerprint density at radius 3 is 2.65 bits per heavy atom. The molecule has 1 fully saturated rings. The molecule has 1 aromatic heterocycles. The van der Waals surface area contributed by atoms with Gasteiger partial charge in [0.15, 0.2) is 5.69 Å². The van der Waals surface area contributed by atoms with Crippen LogP contribution in [0.3, 0.4) is 0 Å². The fraction of sp³-hybridized carbons (Fsp3) is 0.714. The molecule has 1 aliphatic heterocycles. The molecule has 9 heteroatoms. The number of alkyl halides is 3. The third-order valence-electron chi connectivity index (χ3n) is 4.53. The summed E-state index contributed by atoms with van der Waals surface area (Å²) < 4.78 is 39.8. The second-order valence-electron chi connectivity index (χ2n) is 5.99. The van der Waals surface area contributed by atoms with Crippen LogP contribution in [0.2, 0.25) is 0 Å². The van der Waals surface area contributed by atoms with Crippen LogP contribution < -0.4 is 10.6 Å². The topological polar surface area (TPSA) is 69.8 Å². The molecule has 3 N–H and O–H groups in total. The normalized spacial score (nSPS) is 19.8.